The molecule has 0 saturated heterocycles. The van der Waals surface area contributed by atoms with Gasteiger partial charge in [0.15, 0.2) is 0 Å². The first kappa shape index (κ1) is 16.7. The van der Waals surface area contributed by atoms with Crippen LogP contribution in [-0.2, 0) is 10.0 Å². The molecule has 0 fully saturated rings. The highest BCUT2D eigenvalue weighted by Gasteiger charge is 2.14. The maximum absolute atomic E-state index is 11.8. The van der Waals surface area contributed by atoms with Gasteiger partial charge in [-0.3, -0.25) is 0 Å². The Kier molecular flexibility index (Phi) is 6.73. The van der Waals surface area contributed by atoms with Gasteiger partial charge in [-0.15, -0.1) is 0 Å². The second-order valence-corrected chi connectivity index (χ2v) is 6.47. The third kappa shape index (κ3) is 5.74. The molecule has 1 unspecified atom stereocenters. The monoisotopic (exact) mass is 295 g/mol. The molecular formula is C15H21NO3S. The molecule has 0 radical (unpaired) electrons. The number of nitrogens with one attached hydrogen (secondary N) is 1. The van der Waals surface area contributed by atoms with Gasteiger partial charge in [0.05, 0.1) is 5.75 Å². The van der Waals surface area contributed by atoms with Crippen molar-refractivity contribution in [1.82, 2.24) is 4.72 Å². The fourth-order valence-electron chi connectivity index (χ4n) is 1.73. The normalized spacial score (nSPS) is 12.6. The number of rotatable bonds is 6. The zero-order valence-electron chi connectivity index (χ0n) is 11.9. The molecule has 1 aromatic rings. The van der Waals surface area contributed by atoms with Crippen molar-refractivity contribution in [3.05, 3.63) is 35.4 Å². The lowest BCUT2D eigenvalue weighted by atomic mass is 10.1. The number of benzene rings is 1. The highest BCUT2D eigenvalue weighted by Crippen LogP contribution is 2.14. The van der Waals surface area contributed by atoms with E-state index in [1.165, 1.54) is 0 Å². The predicted octanol–water partition coefficient (Wildman–Crippen LogP) is 1.81. The maximum atomic E-state index is 11.8. The van der Waals surface area contributed by atoms with Crippen LogP contribution in [-0.4, -0.2) is 25.9 Å². The molecule has 0 bridgehead atoms. The zero-order valence-corrected chi connectivity index (χ0v) is 12.7. The number of hydrogen-bond acceptors (Lipinski definition) is 3. The van der Waals surface area contributed by atoms with Crippen molar-refractivity contribution in [2.75, 3.05) is 12.4 Å². The number of aliphatic hydroxyl groups excluding tert-OH is 1. The molecule has 0 aliphatic rings. The Bertz CT molecular complexity index is 567. The molecule has 0 amide bonds. The summed E-state index contributed by atoms with van der Waals surface area (Å²) < 4.78 is 26.3. The molecular weight excluding hydrogens is 274 g/mol. The Balaban J connectivity index is 2.70. The fraction of sp³-hybridized carbons (Fsp3) is 0.467. The summed E-state index contributed by atoms with van der Waals surface area (Å²) in [6.45, 7) is 3.61. The molecule has 1 aromatic carbocycles. The minimum Gasteiger partial charge on any atom is -0.384 e. The van der Waals surface area contributed by atoms with Crippen LogP contribution in [0.3, 0.4) is 0 Å². The third-order valence-electron chi connectivity index (χ3n) is 2.85. The summed E-state index contributed by atoms with van der Waals surface area (Å²) in [7, 11) is -3.23. The van der Waals surface area contributed by atoms with E-state index in [-0.39, 0.29) is 18.4 Å². The largest absolute Gasteiger partial charge is 0.384 e. The molecule has 20 heavy (non-hydrogen) atoms. The highest BCUT2D eigenvalue weighted by atomic mass is 32.2. The van der Waals surface area contributed by atoms with E-state index in [0.717, 1.165) is 17.5 Å². The second kappa shape index (κ2) is 8.05. The van der Waals surface area contributed by atoms with Gasteiger partial charge in [-0.25, -0.2) is 13.1 Å². The molecule has 4 nitrogen and oxygen atoms in total. The molecule has 0 aliphatic carbocycles. The lowest BCUT2D eigenvalue weighted by molar-refractivity contribution is 0.350. The van der Waals surface area contributed by atoms with E-state index < -0.39 is 10.0 Å². The summed E-state index contributed by atoms with van der Waals surface area (Å²) in [5.74, 6) is 5.53. The van der Waals surface area contributed by atoms with Gasteiger partial charge < -0.3 is 5.11 Å². The smallest absolute Gasteiger partial charge is 0.212 e. The van der Waals surface area contributed by atoms with Gasteiger partial charge in [0, 0.05) is 11.6 Å². The van der Waals surface area contributed by atoms with Crippen LogP contribution in [0, 0.1) is 11.8 Å². The van der Waals surface area contributed by atoms with Crippen molar-refractivity contribution in [2.45, 2.75) is 32.7 Å². The maximum Gasteiger partial charge on any atom is 0.212 e. The number of hydrogen-bond donors (Lipinski definition) is 2. The molecule has 1 atom stereocenters. The van der Waals surface area contributed by atoms with Crippen LogP contribution >= 0.6 is 0 Å². The van der Waals surface area contributed by atoms with E-state index in [2.05, 4.69) is 16.6 Å². The van der Waals surface area contributed by atoms with Gasteiger partial charge in [0.1, 0.15) is 6.61 Å². The third-order valence-corrected chi connectivity index (χ3v) is 4.38. The zero-order chi connectivity index (χ0) is 15.0. The Labute approximate surface area is 121 Å². The summed E-state index contributed by atoms with van der Waals surface area (Å²) in [5, 5.41) is 8.62. The van der Waals surface area contributed by atoms with Crippen LogP contribution in [0.25, 0.3) is 0 Å². The Morgan fingerprint density at radius 1 is 1.30 bits per heavy atom. The summed E-state index contributed by atoms with van der Waals surface area (Å²) in [6, 6.07) is 7.05. The molecule has 0 aliphatic heterocycles. The Morgan fingerprint density at radius 3 is 2.50 bits per heavy atom. The first-order valence-electron chi connectivity index (χ1n) is 6.68. The van der Waals surface area contributed by atoms with E-state index in [9.17, 15) is 8.42 Å². The first-order valence-corrected chi connectivity index (χ1v) is 8.33. The van der Waals surface area contributed by atoms with Gasteiger partial charge in [-0.05, 0) is 31.0 Å². The van der Waals surface area contributed by atoms with Gasteiger partial charge in [0.25, 0.3) is 0 Å². The van der Waals surface area contributed by atoms with E-state index in [1.54, 1.807) is 0 Å². The minimum atomic E-state index is -3.23. The lowest BCUT2D eigenvalue weighted by Gasteiger charge is -2.14. The van der Waals surface area contributed by atoms with Crippen molar-refractivity contribution >= 4 is 10.0 Å². The van der Waals surface area contributed by atoms with Crippen molar-refractivity contribution in [3.8, 4) is 11.8 Å². The summed E-state index contributed by atoms with van der Waals surface area (Å²) in [5.41, 5.74) is 1.68. The van der Waals surface area contributed by atoms with Gasteiger partial charge in [-0.1, -0.05) is 37.3 Å². The summed E-state index contributed by atoms with van der Waals surface area (Å²) in [6.07, 6.45) is 1.52. The molecule has 1 rings (SSSR count). The quantitative estimate of drug-likeness (QED) is 0.787. The molecule has 0 heterocycles. The van der Waals surface area contributed by atoms with E-state index in [1.807, 2.05) is 38.1 Å². The summed E-state index contributed by atoms with van der Waals surface area (Å²) >= 11 is 0. The Morgan fingerprint density at radius 2 is 1.95 bits per heavy atom. The van der Waals surface area contributed by atoms with Crippen LogP contribution < -0.4 is 4.72 Å². The highest BCUT2D eigenvalue weighted by molar-refractivity contribution is 7.89. The van der Waals surface area contributed by atoms with Crippen molar-refractivity contribution in [2.24, 2.45) is 0 Å². The van der Waals surface area contributed by atoms with Crippen molar-refractivity contribution < 1.29 is 13.5 Å². The fourth-order valence-corrected chi connectivity index (χ4v) is 3.19. The molecule has 2 N–H and O–H groups in total. The van der Waals surface area contributed by atoms with Crippen LogP contribution in [0.1, 0.15) is 43.9 Å². The van der Waals surface area contributed by atoms with Crippen molar-refractivity contribution in [1.29, 1.82) is 0 Å². The van der Waals surface area contributed by atoms with Gasteiger partial charge in [0.2, 0.25) is 10.0 Å². The number of aliphatic hydroxyl groups is 1. The number of unbranched alkanes of at least 4 members (excludes halogenated alkanes) is 1. The van der Waals surface area contributed by atoms with Gasteiger partial charge in [-0.2, -0.15) is 0 Å². The average Bonchev–Trinajstić information content (AvgIpc) is 2.43. The minimum absolute atomic E-state index is 0.161. The van der Waals surface area contributed by atoms with Crippen LogP contribution in [0.4, 0.5) is 0 Å². The van der Waals surface area contributed by atoms with Gasteiger partial charge >= 0.3 is 0 Å². The predicted molar refractivity (Wildman–Crippen MR) is 80.7 cm³/mol. The number of sulfonamides is 1. The summed E-state index contributed by atoms with van der Waals surface area (Å²) in [4.78, 5) is 0. The average molecular weight is 295 g/mol. The standard InChI is InChI=1S/C15H21NO3S/c1-3-4-12-20(18,19)16-13(2)15-9-7-14(8-10-15)6-5-11-17/h7-10,13,16-17H,3-4,11-12H2,1-2H3. The topological polar surface area (TPSA) is 66.4 Å². The van der Waals surface area contributed by atoms with Crippen LogP contribution in [0.5, 0.6) is 0 Å². The van der Waals surface area contributed by atoms with Crippen LogP contribution in [0.2, 0.25) is 0 Å². The Hall–Kier alpha value is -1.35. The molecule has 110 valence electrons. The van der Waals surface area contributed by atoms with Crippen molar-refractivity contribution in [3.63, 3.8) is 0 Å². The molecule has 0 aromatic heterocycles. The van der Waals surface area contributed by atoms with E-state index in [0.29, 0.717) is 6.42 Å². The molecule has 0 saturated carbocycles. The SMILES string of the molecule is CCCCS(=O)(=O)NC(C)c1ccc(C#CCO)cc1. The molecule has 5 heteroatoms. The van der Waals surface area contributed by atoms with Crippen LogP contribution in [0.15, 0.2) is 24.3 Å². The second-order valence-electron chi connectivity index (χ2n) is 4.59. The lowest BCUT2D eigenvalue weighted by Crippen LogP contribution is -2.29. The van der Waals surface area contributed by atoms with E-state index in [4.69, 9.17) is 5.11 Å². The van der Waals surface area contributed by atoms with E-state index >= 15 is 0 Å². The first-order chi connectivity index (χ1) is 9.48. The molecule has 0 spiro atoms.